The van der Waals surface area contributed by atoms with E-state index in [9.17, 15) is 14.9 Å². The monoisotopic (exact) mass is 292 g/mol. The third kappa shape index (κ3) is 3.48. The molecule has 0 atom stereocenters. The van der Waals surface area contributed by atoms with Gasteiger partial charge in [-0.3, -0.25) is 14.9 Å². The number of pyridine rings is 1. The summed E-state index contributed by atoms with van der Waals surface area (Å²) >= 11 is 0. The van der Waals surface area contributed by atoms with Crippen LogP contribution in [0, 0.1) is 16.0 Å². The highest BCUT2D eigenvalue weighted by molar-refractivity contribution is 5.98. The number of nitrogens with two attached hydrogens (primary N) is 1. The molecule has 0 spiro atoms. The van der Waals surface area contributed by atoms with E-state index in [1.807, 2.05) is 0 Å². The van der Waals surface area contributed by atoms with Crippen LogP contribution in [0.2, 0.25) is 0 Å². The number of rotatable bonds is 4. The minimum absolute atomic E-state index is 0.0429. The van der Waals surface area contributed by atoms with Gasteiger partial charge >= 0.3 is 0 Å². The van der Waals surface area contributed by atoms with Gasteiger partial charge in [-0.05, 0) is 18.8 Å². The Morgan fingerprint density at radius 1 is 1.52 bits per heavy atom. The van der Waals surface area contributed by atoms with Crippen LogP contribution in [0.5, 0.6) is 0 Å². The maximum absolute atomic E-state index is 12.4. The Labute approximate surface area is 123 Å². The number of anilines is 1. The Hall–Kier alpha value is -2.18. The molecule has 1 saturated heterocycles. The van der Waals surface area contributed by atoms with Crippen LogP contribution in [0.4, 0.5) is 11.5 Å². The summed E-state index contributed by atoms with van der Waals surface area (Å²) in [6, 6.07) is 1.21. The van der Waals surface area contributed by atoms with Crippen LogP contribution < -0.4 is 5.73 Å². The topological polar surface area (TPSA) is 102 Å². The van der Waals surface area contributed by atoms with Crippen molar-refractivity contribution in [3.63, 3.8) is 0 Å². The molecular formula is C14H20N4O3. The van der Waals surface area contributed by atoms with Crippen molar-refractivity contribution in [1.82, 2.24) is 9.88 Å². The average Bonchev–Trinajstić information content (AvgIpc) is 2.48. The number of hydrogen-bond donors (Lipinski definition) is 1. The SMILES string of the molecule is CCCC1CCN(C(=O)c2cc([N+](=O)[O-])cnc2N)CC1. The van der Waals surface area contributed by atoms with E-state index in [1.54, 1.807) is 4.90 Å². The first-order chi connectivity index (χ1) is 10.0. The number of likely N-dealkylation sites (tertiary alicyclic amines) is 1. The second-order valence-corrected chi connectivity index (χ2v) is 5.41. The largest absolute Gasteiger partial charge is 0.383 e. The van der Waals surface area contributed by atoms with E-state index in [0.29, 0.717) is 19.0 Å². The molecule has 1 amide bonds. The number of nitrogen functional groups attached to an aromatic ring is 1. The highest BCUT2D eigenvalue weighted by Gasteiger charge is 2.26. The summed E-state index contributed by atoms with van der Waals surface area (Å²) in [5.74, 6) is 0.444. The third-order valence-electron chi connectivity index (χ3n) is 3.94. The van der Waals surface area contributed by atoms with Crippen LogP contribution >= 0.6 is 0 Å². The van der Waals surface area contributed by atoms with Crippen molar-refractivity contribution in [2.24, 2.45) is 5.92 Å². The highest BCUT2D eigenvalue weighted by atomic mass is 16.6. The van der Waals surface area contributed by atoms with Gasteiger partial charge in [-0.1, -0.05) is 19.8 Å². The van der Waals surface area contributed by atoms with Gasteiger partial charge < -0.3 is 10.6 Å². The molecule has 2 rings (SSSR count). The van der Waals surface area contributed by atoms with Gasteiger partial charge in [0, 0.05) is 19.2 Å². The molecule has 0 radical (unpaired) electrons. The van der Waals surface area contributed by atoms with E-state index in [4.69, 9.17) is 5.73 Å². The normalized spacial score (nSPS) is 16.0. The summed E-state index contributed by atoms with van der Waals surface area (Å²) < 4.78 is 0. The molecule has 0 aromatic carbocycles. The third-order valence-corrected chi connectivity index (χ3v) is 3.94. The van der Waals surface area contributed by atoms with Gasteiger partial charge in [0.15, 0.2) is 0 Å². The zero-order chi connectivity index (χ0) is 15.4. The molecule has 1 aromatic rings. The standard InChI is InChI=1S/C14H20N4O3/c1-2-3-10-4-6-17(7-5-10)14(19)12-8-11(18(20)21)9-16-13(12)15/h8-10H,2-7H2,1H3,(H2,15,16). The van der Waals surface area contributed by atoms with E-state index < -0.39 is 4.92 Å². The Kier molecular flexibility index (Phi) is 4.72. The number of piperidine rings is 1. The molecule has 0 aliphatic carbocycles. The van der Waals surface area contributed by atoms with Crippen molar-refractivity contribution in [2.45, 2.75) is 32.6 Å². The number of carbonyl (C=O) groups excluding carboxylic acids is 1. The van der Waals surface area contributed by atoms with Crippen molar-refractivity contribution in [3.05, 3.63) is 27.9 Å². The number of carbonyl (C=O) groups is 1. The van der Waals surface area contributed by atoms with Gasteiger partial charge in [-0.15, -0.1) is 0 Å². The molecule has 1 fully saturated rings. The second kappa shape index (κ2) is 6.51. The second-order valence-electron chi connectivity index (χ2n) is 5.41. The van der Waals surface area contributed by atoms with Gasteiger partial charge in [0.25, 0.3) is 11.6 Å². The molecule has 2 N–H and O–H groups in total. The minimum Gasteiger partial charge on any atom is -0.383 e. The fourth-order valence-electron chi connectivity index (χ4n) is 2.74. The summed E-state index contributed by atoms with van der Waals surface area (Å²) in [5, 5.41) is 10.8. The summed E-state index contributed by atoms with van der Waals surface area (Å²) in [4.78, 5) is 28.1. The fraction of sp³-hybridized carbons (Fsp3) is 0.571. The molecule has 114 valence electrons. The van der Waals surface area contributed by atoms with E-state index >= 15 is 0 Å². The van der Waals surface area contributed by atoms with Gasteiger partial charge in [0.2, 0.25) is 0 Å². The number of aromatic nitrogens is 1. The van der Waals surface area contributed by atoms with E-state index in [2.05, 4.69) is 11.9 Å². The molecule has 1 aromatic heterocycles. The van der Waals surface area contributed by atoms with Crippen LogP contribution in [0.15, 0.2) is 12.3 Å². The van der Waals surface area contributed by atoms with Crippen molar-refractivity contribution in [2.75, 3.05) is 18.8 Å². The van der Waals surface area contributed by atoms with Gasteiger partial charge in [-0.2, -0.15) is 0 Å². The van der Waals surface area contributed by atoms with Crippen molar-refractivity contribution >= 4 is 17.4 Å². The Balaban J connectivity index is 2.10. The maximum Gasteiger partial charge on any atom is 0.288 e. The molecule has 2 heterocycles. The first-order valence-electron chi connectivity index (χ1n) is 7.22. The van der Waals surface area contributed by atoms with Crippen molar-refractivity contribution < 1.29 is 9.72 Å². The van der Waals surface area contributed by atoms with E-state index in [1.165, 1.54) is 12.5 Å². The van der Waals surface area contributed by atoms with Gasteiger partial charge in [0.1, 0.15) is 12.0 Å². The number of hydrogen-bond acceptors (Lipinski definition) is 5. The Morgan fingerprint density at radius 2 is 2.19 bits per heavy atom. The predicted molar refractivity (Wildman–Crippen MR) is 78.8 cm³/mol. The zero-order valence-corrected chi connectivity index (χ0v) is 12.1. The fourth-order valence-corrected chi connectivity index (χ4v) is 2.74. The van der Waals surface area contributed by atoms with Crippen molar-refractivity contribution in [1.29, 1.82) is 0 Å². The van der Waals surface area contributed by atoms with Gasteiger partial charge in [-0.25, -0.2) is 4.98 Å². The lowest BCUT2D eigenvalue weighted by Crippen LogP contribution is -2.38. The Bertz CT molecular complexity index is 539. The molecule has 7 heteroatoms. The summed E-state index contributed by atoms with van der Waals surface area (Å²) in [6.07, 6.45) is 5.35. The van der Waals surface area contributed by atoms with Crippen LogP contribution in [0.25, 0.3) is 0 Å². The van der Waals surface area contributed by atoms with Crippen molar-refractivity contribution in [3.8, 4) is 0 Å². The lowest BCUT2D eigenvalue weighted by molar-refractivity contribution is -0.385. The lowest BCUT2D eigenvalue weighted by Gasteiger charge is -2.32. The van der Waals surface area contributed by atoms with Gasteiger partial charge in [0.05, 0.1) is 10.5 Å². The molecule has 0 unspecified atom stereocenters. The number of nitrogens with zero attached hydrogens (tertiary/aromatic N) is 3. The Morgan fingerprint density at radius 3 is 2.76 bits per heavy atom. The molecular weight excluding hydrogens is 272 g/mol. The summed E-state index contributed by atoms with van der Waals surface area (Å²) in [6.45, 7) is 3.50. The molecule has 1 aliphatic heterocycles. The highest BCUT2D eigenvalue weighted by Crippen LogP contribution is 2.25. The van der Waals surface area contributed by atoms with E-state index in [0.717, 1.165) is 25.5 Å². The van der Waals surface area contributed by atoms with Crippen LogP contribution in [0.3, 0.4) is 0 Å². The molecule has 1 aliphatic rings. The first kappa shape index (κ1) is 15.2. The van der Waals surface area contributed by atoms with Crippen LogP contribution in [-0.4, -0.2) is 33.8 Å². The smallest absolute Gasteiger partial charge is 0.288 e. The van der Waals surface area contributed by atoms with Crippen LogP contribution in [-0.2, 0) is 0 Å². The number of nitro groups is 1. The lowest BCUT2D eigenvalue weighted by atomic mass is 9.92. The summed E-state index contributed by atoms with van der Waals surface area (Å²) in [5.41, 5.74) is 5.60. The minimum atomic E-state index is -0.573. The molecule has 21 heavy (non-hydrogen) atoms. The zero-order valence-electron chi connectivity index (χ0n) is 12.1. The molecule has 7 nitrogen and oxygen atoms in total. The average molecular weight is 292 g/mol. The first-order valence-corrected chi connectivity index (χ1v) is 7.22. The quantitative estimate of drug-likeness (QED) is 0.677. The summed E-state index contributed by atoms with van der Waals surface area (Å²) in [7, 11) is 0. The number of amides is 1. The van der Waals surface area contributed by atoms with Crippen LogP contribution in [0.1, 0.15) is 43.0 Å². The predicted octanol–water partition coefficient (Wildman–Crippen LogP) is 2.22. The molecule has 0 saturated carbocycles. The van der Waals surface area contributed by atoms with E-state index in [-0.39, 0.29) is 23.0 Å². The molecule has 0 bridgehead atoms. The maximum atomic E-state index is 12.4.